The Hall–Kier alpha value is -5.41. The quantitative estimate of drug-likeness (QED) is 0.113. The zero-order valence-electron chi connectivity index (χ0n) is 35.1. The molecule has 1 aliphatic heterocycles. The Kier molecular flexibility index (Phi) is 16.7. The molecular formula is C43H61N7O8. The molecule has 4 N–H and O–H groups in total. The molecule has 1 fully saturated rings. The number of amides is 5. The van der Waals surface area contributed by atoms with Crippen LogP contribution in [0.4, 0.5) is 9.59 Å². The van der Waals surface area contributed by atoms with Gasteiger partial charge in [-0.1, -0.05) is 76.6 Å². The highest BCUT2D eigenvalue weighted by Crippen LogP contribution is 2.28. The molecule has 0 radical (unpaired) electrons. The van der Waals surface area contributed by atoms with Crippen LogP contribution in [0.1, 0.15) is 63.1 Å². The Labute approximate surface area is 342 Å². The van der Waals surface area contributed by atoms with Crippen LogP contribution in [0, 0.1) is 18.3 Å². The number of rotatable bonds is 21. The molecular weight excluding hydrogens is 743 g/mol. The number of hydrogen-bond donors (Lipinski definition) is 4. The minimum atomic E-state index is -1.19. The number of carbonyl (C=O) groups excluding carboxylic acids is 4. The second-order valence-electron chi connectivity index (χ2n) is 15.7. The molecule has 1 aromatic heterocycles. The van der Waals surface area contributed by atoms with Gasteiger partial charge in [-0.15, -0.1) is 0 Å². The number of methoxy groups -OCH3 is 3. The van der Waals surface area contributed by atoms with Crippen molar-refractivity contribution in [3.05, 3.63) is 89.2 Å². The van der Waals surface area contributed by atoms with Crippen molar-refractivity contribution in [3.63, 3.8) is 0 Å². The minimum Gasteiger partial charge on any atom is -0.493 e. The zero-order valence-corrected chi connectivity index (χ0v) is 35.1. The SMILES string of the molecule is CCC(C)C(C(=O)NC(Cc1ccccc1)C(O)CN(Cc1ccc(OC)c(OC)c1)NC(=O)CC(C)(C)CNC(=O)OC)N1CCN(Cc2cccc(C)n2)C1=O. The number of benzene rings is 2. The number of hydrogen-bond acceptors (Lipinski definition) is 10. The van der Waals surface area contributed by atoms with Crippen molar-refractivity contribution in [1.29, 1.82) is 0 Å². The first-order chi connectivity index (χ1) is 27.7. The molecule has 5 amide bonds. The second-order valence-corrected chi connectivity index (χ2v) is 15.7. The van der Waals surface area contributed by atoms with E-state index in [1.165, 1.54) is 14.2 Å². The Balaban J connectivity index is 1.59. The van der Waals surface area contributed by atoms with Crippen molar-refractivity contribution >= 4 is 23.9 Å². The average molecular weight is 804 g/mol. The number of aromatic nitrogens is 1. The van der Waals surface area contributed by atoms with Gasteiger partial charge in [0.25, 0.3) is 0 Å². The van der Waals surface area contributed by atoms with E-state index < -0.39 is 29.7 Å². The zero-order chi connectivity index (χ0) is 42.4. The number of aryl methyl sites for hydroxylation is 1. The van der Waals surface area contributed by atoms with Crippen LogP contribution in [0.25, 0.3) is 0 Å². The number of aliphatic hydroxyl groups is 1. The van der Waals surface area contributed by atoms with Crippen molar-refractivity contribution < 1.29 is 38.5 Å². The highest BCUT2D eigenvalue weighted by molar-refractivity contribution is 5.88. The van der Waals surface area contributed by atoms with Crippen LogP contribution in [0.15, 0.2) is 66.7 Å². The topological polar surface area (TPSA) is 175 Å². The van der Waals surface area contributed by atoms with Gasteiger partial charge in [-0.3, -0.25) is 20.0 Å². The maximum Gasteiger partial charge on any atom is 0.406 e. The molecule has 3 aromatic rings. The van der Waals surface area contributed by atoms with Crippen molar-refractivity contribution in [3.8, 4) is 11.5 Å². The third-order valence-corrected chi connectivity index (χ3v) is 10.4. The van der Waals surface area contributed by atoms with Gasteiger partial charge < -0.3 is 39.8 Å². The van der Waals surface area contributed by atoms with E-state index >= 15 is 0 Å². The maximum absolute atomic E-state index is 14.5. The molecule has 0 saturated carbocycles. The summed E-state index contributed by atoms with van der Waals surface area (Å²) in [5.41, 5.74) is 5.60. The highest BCUT2D eigenvalue weighted by atomic mass is 16.5. The molecule has 2 aromatic carbocycles. The first-order valence-electron chi connectivity index (χ1n) is 19.7. The van der Waals surface area contributed by atoms with Gasteiger partial charge in [0.2, 0.25) is 11.8 Å². The fourth-order valence-electron chi connectivity index (χ4n) is 7.04. The molecule has 58 heavy (non-hydrogen) atoms. The monoisotopic (exact) mass is 803 g/mol. The number of hydrazine groups is 1. The summed E-state index contributed by atoms with van der Waals surface area (Å²) in [4.78, 5) is 61.6. The number of alkyl carbamates (subject to hydrolysis) is 1. The van der Waals surface area contributed by atoms with Crippen LogP contribution >= 0.6 is 0 Å². The van der Waals surface area contributed by atoms with Crippen molar-refractivity contribution in [1.82, 2.24) is 35.9 Å². The van der Waals surface area contributed by atoms with E-state index in [1.807, 2.05) is 89.2 Å². The van der Waals surface area contributed by atoms with Crippen molar-refractivity contribution in [2.75, 3.05) is 47.5 Å². The first-order valence-corrected chi connectivity index (χ1v) is 19.7. The molecule has 1 saturated heterocycles. The van der Waals surface area contributed by atoms with E-state index in [-0.39, 0.29) is 56.2 Å². The van der Waals surface area contributed by atoms with Gasteiger partial charge in [0.15, 0.2) is 11.5 Å². The summed E-state index contributed by atoms with van der Waals surface area (Å²) in [6, 6.07) is 18.8. The molecule has 0 bridgehead atoms. The molecule has 0 spiro atoms. The molecule has 15 heteroatoms. The number of ether oxygens (including phenoxy) is 3. The predicted molar refractivity (Wildman–Crippen MR) is 220 cm³/mol. The van der Waals surface area contributed by atoms with E-state index in [2.05, 4.69) is 21.0 Å². The normalized spacial score (nSPS) is 15.0. The van der Waals surface area contributed by atoms with Crippen LogP contribution in [-0.4, -0.2) is 115 Å². The summed E-state index contributed by atoms with van der Waals surface area (Å²) in [5, 5.41) is 19.5. The number of carbonyl (C=O) groups is 4. The molecule has 15 nitrogen and oxygen atoms in total. The second kappa shape index (κ2) is 21.4. The number of pyridine rings is 1. The summed E-state index contributed by atoms with van der Waals surface area (Å²) in [7, 11) is 4.35. The van der Waals surface area contributed by atoms with Gasteiger partial charge in [0.05, 0.1) is 45.7 Å². The summed E-state index contributed by atoms with van der Waals surface area (Å²) in [6.07, 6.45) is -0.820. The average Bonchev–Trinajstić information content (AvgIpc) is 3.54. The largest absolute Gasteiger partial charge is 0.493 e. The molecule has 4 rings (SSSR count). The fraction of sp³-hybridized carbons (Fsp3) is 0.512. The lowest BCUT2D eigenvalue weighted by molar-refractivity contribution is -0.131. The van der Waals surface area contributed by atoms with E-state index in [0.717, 1.165) is 22.5 Å². The van der Waals surface area contributed by atoms with Gasteiger partial charge in [-0.05, 0) is 60.1 Å². The Bertz CT molecular complexity index is 1830. The summed E-state index contributed by atoms with van der Waals surface area (Å²) >= 11 is 0. The van der Waals surface area contributed by atoms with Gasteiger partial charge in [0.1, 0.15) is 6.04 Å². The standard InChI is InChI=1S/C43H61N7O8/c1-9-29(2)39(50-21-20-48(42(50)55)26-33-17-13-14-30(3)45-33)40(53)46-34(22-31-15-11-10-12-16-31)35(51)27-49(25-32-18-19-36(56-6)37(23-32)57-7)47-38(52)24-43(4,5)28-44-41(54)58-8/h10-19,23,29,34-35,39,51H,9,20-22,24-28H2,1-8H3,(H,44,54)(H,46,53)(H,47,52). The summed E-state index contributed by atoms with van der Waals surface area (Å²) in [5.74, 6) is 0.136. The van der Waals surface area contributed by atoms with Gasteiger partial charge in [-0.2, -0.15) is 0 Å². The van der Waals surface area contributed by atoms with Crippen LogP contribution in [0.3, 0.4) is 0 Å². The molecule has 0 aliphatic carbocycles. The van der Waals surface area contributed by atoms with Crippen molar-refractivity contribution in [2.45, 2.75) is 85.2 Å². The molecule has 4 unspecified atom stereocenters. The Morgan fingerprint density at radius 3 is 2.34 bits per heavy atom. The molecule has 316 valence electrons. The number of aliphatic hydroxyl groups excluding tert-OH is 1. The number of nitrogens with zero attached hydrogens (tertiary/aromatic N) is 4. The summed E-state index contributed by atoms with van der Waals surface area (Å²) in [6.45, 7) is 11.0. The lowest BCUT2D eigenvalue weighted by Crippen LogP contribution is -2.58. The van der Waals surface area contributed by atoms with Gasteiger partial charge in [-0.25, -0.2) is 14.6 Å². The van der Waals surface area contributed by atoms with E-state index in [0.29, 0.717) is 37.6 Å². The highest BCUT2D eigenvalue weighted by Gasteiger charge is 2.41. The van der Waals surface area contributed by atoms with E-state index in [9.17, 15) is 24.3 Å². The van der Waals surface area contributed by atoms with E-state index in [1.54, 1.807) is 34.1 Å². The lowest BCUT2D eigenvalue weighted by Gasteiger charge is -2.35. The third-order valence-electron chi connectivity index (χ3n) is 10.4. The summed E-state index contributed by atoms with van der Waals surface area (Å²) < 4.78 is 15.6. The van der Waals surface area contributed by atoms with Crippen LogP contribution in [0.2, 0.25) is 0 Å². The van der Waals surface area contributed by atoms with Gasteiger partial charge >= 0.3 is 12.1 Å². The minimum absolute atomic E-state index is 0.0388. The van der Waals surface area contributed by atoms with E-state index in [4.69, 9.17) is 14.2 Å². The van der Waals surface area contributed by atoms with Gasteiger partial charge in [0, 0.05) is 44.8 Å². The number of urea groups is 1. The smallest absolute Gasteiger partial charge is 0.406 e. The third kappa shape index (κ3) is 13.1. The number of nitrogens with one attached hydrogen (secondary N) is 3. The van der Waals surface area contributed by atoms with Crippen LogP contribution in [-0.2, 0) is 33.8 Å². The Morgan fingerprint density at radius 1 is 0.966 bits per heavy atom. The van der Waals surface area contributed by atoms with Crippen LogP contribution in [0.5, 0.6) is 11.5 Å². The Morgan fingerprint density at radius 2 is 1.69 bits per heavy atom. The maximum atomic E-state index is 14.5. The van der Waals surface area contributed by atoms with Crippen LogP contribution < -0.4 is 25.5 Å². The fourth-order valence-corrected chi connectivity index (χ4v) is 7.04. The van der Waals surface area contributed by atoms with Crippen molar-refractivity contribution in [2.24, 2.45) is 11.3 Å². The lowest BCUT2D eigenvalue weighted by atomic mass is 9.89. The molecule has 2 heterocycles. The predicted octanol–water partition coefficient (Wildman–Crippen LogP) is 4.45. The molecule has 1 aliphatic rings. The molecule has 4 atom stereocenters. The first kappa shape index (κ1) is 45.3.